The van der Waals surface area contributed by atoms with E-state index in [0.717, 1.165) is 11.3 Å². The smallest absolute Gasteiger partial charge is 0.239 e. The van der Waals surface area contributed by atoms with Gasteiger partial charge in [-0.2, -0.15) is 0 Å². The molecule has 2 N–H and O–H groups in total. The van der Waals surface area contributed by atoms with E-state index >= 15 is 0 Å². The summed E-state index contributed by atoms with van der Waals surface area (Å²) < 4.78 is 5.24. The molecule has 0 unspecified atom stereocenters. The van der Waals surface area contributed by atoms with Crippen LogP contribution in [-0.4, -0.2) is 31.0 Å². The van der Waals surface area contributed by atoms with Crippen molar-refractivity contribution in [3.05, 3.63) is 29.8 Å². The van der Waals surface area contributed by atoms with Gasteiger partial charge in [0.2, 0.25) is 5.91 Å². The van der Waals surface area contributed by atoms with Gasteiger partial charge in [-0.1, -0.05) is 25.1 Å². The average Bonchev–Trinajstić information content (AvgIpc) is 2.37. The lowest BCUT2D eigenvalue weighted by atomic mass is 10.1. The van der Waals surface area contributed by atoms with Gasteiger partial charge in [0.1, 0.15) is 5.75 Å². The number of likely N-dealkylation sites (N-methyl/N-ethyl adjacent to an activating group) is 1. The van der Waals surface area contributed by atoms with Gasteiger partial charge in [0, 0.05) is 19.2 Å². The van der Waals surface area contributed by atoms with Gasteiger partial charge in [-0.3, -0.25) is 4.79 Å². The van der Waals surface area contributed by atoms with Crippen LogP contribution in [0.5, 0.6) is 5.75 Å². The standard InChI is InChI=1S/C13H20N2O2.ClH/c1-4-11(14)13(16)15(2)9-10-7-5-6-8-12(10)17-3;/h5-8,11H,4,9,14H2,1-3H3;1H/t11-;/m0./s1. The van der Waals surface area contributed by atoms with Crippen LogP contribution in [-0.2, 0) is 11.3 Å². The van der Waals surface area contributed by atoms with E-state index in [1.54, 1.807) is 19.1 Å². The summed E-state index contributed by atoms with van der Waals surface area (Å²) >= 11 is 0. The summed E-state index contributed by atoms with van der Waals surface area (Å²) in [7, 11) is 3.38. The van der Waals surface area contributed by atoms with Crippen molar-refractivity contribution in [1.82, 2.24) is 4.90 Å². The Balaban J connectivity index is 0.00000289. The topological polar surface area (TPSA) is 55.6 Å². The highest BCUT2D eigenvalue weighted by Crippen LogP contribution is 2.18. The van der Waals surface area contributed by atoms with E-state index in [1.165, 1.54) is 0 Å². The zero-order valence-electron chi connectivity index (χ0n) is 11.1. The molecule has 1 rings (SSSR count). The monoisotopic (exact) mass is 272 g/mol. The maximum atomic E-state index is 11.8. The third kappa shape index (κ3) is 4.20. The van der Waals surface area contributed by atoms with Crippen molar-refractivity contribution in [2.24, 2.45) is 5.73 Å². The normalized spacial score (nSPS) is 11.3. The molecule has 4 nitrogen and oxygen atoms in total. The summed E-state index contributed by atoms with van der Waals surface area (Å²) in [5, 5.41) is 0. The van der Waals surface area contributed by atoms with Crippen LogP contribution in [0, 0.1) is 0 Å². The Kier molecular flexibility index (Phi) is 7.39. The van der Waals surface area contributed by atoms with Gasteiger partial charge in [0.25, 0.3) is 0 Å². The summed E-state index contributed by atoms with van der Waals surface area (Å²) in [6.45, 7) is 2.41. The van der Waals surface area contributed by atoms with Crippen LogP contribution in [0.3, 0.4) is 0 Å². The van der Waals surface area contributed by atoms with E-state index in [0.29, 0.717) is 13.0 Å². The zero-order chi connectivity index (χ0) is 12.8. The molecule has 5 heteroatoms. The molecule has 0 saturated heterocycles. The number of halogens is 1. The molecule has 0 aliphatic rings. The van der Waals surface area contributed by atoms with Crippen molar-refractivity contribution in [2.45, 2.75) is 25.9 Å². The van der Waals surface area contributed by atoms with E-state index < -0.39 is 6.04 Å². The molecule has 0 bridgehead atoms. The first-order chi connectivity index (χ1) is 8.10. The molecule has 0 saturated carbocycles. The van der Waals surface area contributed by atoms with Gasteiger partial charge in [0.15, 0.2) is 0 Å². The molecule has 0 aliphatic heterocycles. The second-order valence-electron chi connectivity index (χ2n) is 4.02. The fourth-order valence-corrected chi connectivity index (χ4v) is 1.62. The predicted octanol–water partition coefficient (Wildman–Crippen LogP) is 1.81. The quantitative estimate of drug-likeness (QED) is 0.889. The van der Waals surface area contributed by atoms with Crippen LogP contribution < -0.4 is 10.5 Å². The number of hydrogen-bond donors (Lipinski definition) is 1. The number of carbonyl (C=O) groups is 1. The van der Waals surface area contributed by atoms with Crippen molar-refractivity contribution in [3.8, 4) is 5.75 Å². The molecule has 0 fully saturated rings. The van der Waals surface area contributed by atoms with E-state index in [2.05, 4.69) is 0 Å². The lowest BCUT2D eigenvalue weighted by Gasteiger charge is -2.21. The number of ether oxygens (including phenoxy) is 1. The van der Waals surface area contributed by atoms with Crippen LogP contribution in [0.1, 0.15) is 18.9 Å². The van der Waals surface area contributed by atoms with Gasteiger partial charge in [0.05, 0.1) is 13.2 Å². The van der Waals surface area contributed by atoms with Crippen LogP contribution in [0.15, 0.2) is 24.3 Å². The van der Waals surface area contributed by atoms with Gasteiger partial charge in [-0.25, -0.2) is 0 Å². The molecule has 0 aromatic heterocycles. The lowest BCUT2D eigenvalue weighted by molar-refractivity contribution is -0.131. The largest absolute Gasteiger partial charge is 0.496 e. The lowest BCUT2D eigenvalue weighted by Crippen LogP contribution is -2.40. The average molecular weight is 273 g/mol. The number of methoxy groups -OCH3 is 1. The van der Waals surface area contributed by atoms with Crippen LogP contribution in [0.2, 0.25) is 0 Å². The first-order valence-corrected chi connectivity index (χ1v) is 5.72. The molecule has 1 atom stereocenters. The van der Waals surface area contributed by atoms with Crippen LogP contribution in [0.25, 0.3) is 0 Å². The minimum Gasteiger partial charge on any atom is -0.496 e. The molecule has 1 aromatic rings. The maximum absolute atomic E-state index is 11.8. The summed E-state index contributed by atoms with van der Waals surface area (Å²) in [6.07, 6.45) is 0.648. The van der Waals surface area contributed by atoms with Gasteiger partial charge in [-0.15, -0.1) is 12.4 Å². The van der Waals surface area contributed by atoms with Gasteiger partial charge >= 0.3 is 0 Å². The molecule has 0 aliphatic carbocycles. The molecule has 102 valence electrons. The minimum atomic E-state index is -0.422. The molecule has 1 aromatic carbocycles. The van der Waals surface area contributed by atoms with Crippen molar-refractivity contribution in [1.29, 1.82) is 0 Å². The number of nitrogens with two attached hydrogens (primary N) is 1. The maximum Gasteiger partial charge on any atom is 0.239 e. The number of amides is 1. The third-order valence-electron chi connectivity index (χ3n) is 2.73. The Morgan fingerprint density at radius 2 is 2.06 bits per heavy atom. The predicted molar refractivity (Wildman–Crippen MR) is 75.0 cm³/mol. The number of hydrogen-bond acceptors (Lipinski definition) is 3. The molecular formula is C13H21ClN2O2. The van der Waals surface area contributed by atoms with Crippen molar-refractivity contribution < 1.29 is 9.53 Å². The van der Waals surface area contributed by atoms with E-state index in [1.807, 2.05) is 31.2 Å². The Morgan fingerprint density at radius 1 is 1.44 bits per heavy atom. The van der Waals surface area contributed by atoms with Crippen molar-refractivity contribution in [3.63, 3.8) is 0 Å². The first-order valence-electron chi connectivity index (χ1n) is 5.72. The molecule has 0 radical (unpaired) electrons. The van der Waals surface area contributed by atoms with Crippen LogP contribution in [0.4, 0.5) is 0 Å². The second kappa shape index (κ2) is 7.95. The van der Waals surface area contributed by atoms with Gasteiger partial charge in [-0.05, 0) is 12.5 Å². The van der Waals surface area contributed by atoms with Gasteiger partial charge < -0.3 is 15.4 Å². The number of benzene rings is 1. The summed E-state index contributed by atoms with van der Waals surface area (Å²) in [6, 6.07) is 7.24. The minimum absolute atomic E-state index is 0. The molecule has 0 spiro atoms. The van der Waals surface area contributed by atoms with Crippen molar-refractivity contribution >= 4 is 18.3 Å². The van der Waals surface area contributed by atoms with E-state index in [9.17, 15) is 4.79 Å². The summed E-state index contributed by atoms with van der Waals surface area (Å²) in [5.41, 5.74) is 6.70. The molecule has 0 heterocycles. The summed E-state index contributed by atoms with van der Waals surface area (Å²) in [4.78, 5) is 13.5. The fraction of sp³-hybridized carbons (Fsp3) is 0.462. The molecule has 18 heavy (non-hydrogen) atoms. The zero-order valence-corrected chi connectivity index (χ0v) is 11.9. The summed E-state index contributed by atoms with van der Waals surface area (Å²) in [5.74, 6) is 0.746. The number of carbonyl (C=O) groups excluding carboxylic acids is 1. The fourth-order valence-electron chi connectivity index (χ4n) is 1.62. The first kappa shape index (κ1) is 16.7. The highest BCUT2D eigenvalue weighted by Gasteiger charge is 2.17. The highest BCUT2D eigenvalue weighted by atomic mass is 35.5. The Labute approximate surface area is 115 Å². The van der Waals surface area contributed by atoms with Crippen molar-refractivity contribution in [2.75, 3.05) is 14.2 Å². The third-order valence-corrected chi connectivity index (χ3v) is 2.73. The number of para-hydroxylation sites is 1. The SMILES string of the molecule is CC[C@H](N)C(=O)N(C)Cc1ccccc1OC.Cl. The van der Waals surface area contributed by atoms with E-state index in [4.69, 9.17) is 10.5 Å². The number of nitrogens with zero attached hydrogens (tertiary/aromatic N) is 1. The Bertz CT molecular complexity index is 385. The van der Waals surface area contributed by atoms with Crippen LogP contribution >= 0.6 is 12.4 Å². The Hall–Kier alpha value is -1.26. The second-order valence-corrected chi connectivity index (χ2v) is 4.02. The Morgan fingerprint density at radius 3 is 2.61 bits per heavy atom. The number of rotatable bonds is 5. The van der Waals surface area contributed by atoms with E-state index in [-0.39, 0.29) is 18.3 Å². The molecule has 1 amide bonds. The highest BCUT2D eigenvalue weighted by molar-refractivity contribution is 5.85. The molecular weight excluding hydrogens is 252 g/mol.